The van der Waals surface area contributed by atoms with E-state index in [1.807, 2.05) is 31.2 Å². The second-order valence-corrected chi connectivity index (χ2v) is 6.83. The van der Waals surface area contributed by atoms with Gasteiger partial charge < -0.3 is 15.5 Å². The maximum absolute atomic E-state index is 12.6. The highest BCUT2D eigenvalue weighted by Gasteiger charge is 2.26. The van der Waals surface area contributed by atoms with E-state index in [2.05, 4.69) is 15.6 Å². The fourth-order valence-corrected chi connectivity index (χ4v) is 2.98. The number of amides is 2. The van der Waals surface area contributed by atoms with E-state index < -0.39 is 0 Å². The van der Waals surface area contributed by atoms with Crippen LogP contribution in [0.25, 0.3) is 0 Å². The maximum Gasteiger partial charge on any atom is 0.275 e. The van der Waals surface area contributed by atoms with Crippen molar-refractivity contribution in [2.24, 2.45) is 0 Å². The lowest BCUT2D eigenvalue weighted by atomic mass is 10.2. The van der Waals surface area contributed by atoms with Crippen LogP contribution in [-0.4, -0.2) is 41.3 Å². The molecular formula is C17H20N4O2S. The fourth-order valence-electron chi connectivity index (χ4n) is 2.29. The third-order valence-corrected chi connectivity index (χ3v) is 4.58. The van der Waals surface area contributed by atoms with E-state index in [0.717, 1.165) is 24.1 Å². The Labute approximate surface area is 144 Å². The largest absolute Gasteiger partial charge is 0.352 e. The lowest BCUT2D eigenvalue weighted by Gasteiger charge is -2.17. The minimum absolute atomic E-state index is 0.0384. The number of nitrogens with zero attached hydrogens (tertiary/aromatic N) is 2. The van der Waals surface area contributed by atoms with Crippen molar-refractivity contribution in [1.29, 1.82) is 0 Å². The van der Waals surface area contributed by atoms with E-state index >= 15 is 0 Å². The third-order valence-electron chi connectivity index (χ3n) is 3.83. The topological polar surface area (TPSA) is 74.3 Å². The second kappa shape index (κ2) is 7.00. The molecule has 7 heteroatoms. The lowest BCUT2D eigenvalue weighted by molar-refractivity contribution is -0.121. The summed E-state index contributed by atoms with van der Waals surface area (Å²) in [4.78, 5) is 30.0. The predicted octanol–water partition coefficient (Wildman–Crippen LogP) is 2.55. The van der Waals surface area contributed by atoms with Gasteiger partial charge in [0, 0.05) is 18.8 Å². The Hall–Kier alpha value is -2.41. The Morgan fingerprint density at radius 1 is 1.33 bits per heavy atom. The molecule has 0 unspecified atom stereocenters. The monoisotopic (exact) mass is 344 g/mol. The van der Waals surface area contributed by atoms with E-state index in [9.17, 15) is 9.59 Å². The first-order valence-corrected chi connectivity index (χ1v) is 8.73. The van der Waals surface area contributed by atoms with Gasteiger partial charge in [0.2, 0.25) is 5.91 Å². The normalized spacial score (nSPS) is 13.4. The molecule has 1 saturated carbocycles. The van der Waals surface area contributed by atoms with E-state index in [0.29, 0.717) is 16.7 Å². The highest BCUT2D eigenvalue weighted by Crippen LogP contribution is 2.27. The van der Waals surface area contributed by atoms with Crippen LogP contribution >= 0.6 is 11.3 Å². The number of aromatic nitrogens is 1. The molecule has 1 aromatic carbocycles. The molecule has 0 atom stereocenters. The number of aryl methyl sites for hydroxylation is 1. The number of rotatable bonds is 6. The number of nitrogens with one attached hydrogen (secondary N) is 2. The molecule has 3 rings (SSSR count). The summed E-state index contributed by atoms with van der Waals surface area (Å²) in [6.07, 6.45) is 2.06. The third kappa shape index (κ3) is 3.91. The number of carbonyl (C=O) groups is 2. The quantitative estimate of drug-likeness (QED) is 0.844. The van der Waals surface area contributed by atoms with Gasteiger partial charge in [-0.05, 0) is 31.4 Å². The van der Waals surface area contributed by atoms with Crippen molar-refractivity contribution in [3.8, 4) is 0 Å². The Bertz CT molecular complexity index is 755. The van der Waals surface area contributed by atoms with Crippen molar-refractivity contribution < 1.29 is 9.59 Å². The molecule has 1 aliphatic rings. The number of benzene rings is 1. The molecule has 0 saturated heterocycles. The Balaban J connectivity index is 1.68. The number of anilines is 2. The number of hydrogen-bond acceptors (Lipinski definition) is 5. The summed E-state index contributed by atoms with van der Waals surface area (Å²) in [5.74, 6) is -0.393. The number of thiazole rings is 1. The first kappa shape index (κ1) is 16.4. The molecule has 6 nitrogen and oxygen atoms in total. The van der Waals surface area contributed by atoms with E-state index in [-0.39, 0.29) is 18.4 Å². The van der Waals surface area contributed by atoms with Gasteiger partial charge in [-0.3, -0.25) is 9.59 Å². The van der Waals surface area contributed by atoms with Crippen molar-refractivity contribution in [3.05, 3.63) is 41.0 Å². The highest BCUT2D eigenvalue weighted by molar-refractivity contribution is 7.14. The molecule has 2 amide bonds. The lowest BCUT2D eigenvalue weighted by Crippen LogP contribution is -2.39. The van der Waals surface area contributed by atoms with Crippen LogP contribution in [0.5, 0.6) is 0 Å². The van der Waals surface area contributed by atoms with Crippen LogP contribution in [0.2, 0.25) is 0 Å². The minimum atomic E-state index is -0.265. The van der Waals surface area contributed by atoms with Crippen LogP contribution in [0.4, 0.5) is 10.7 Å². The van der Waals surface area contributed by atoms with Crippen LogP contribution in [0, 0.1) is 6.92 Å². The molecule has 0 aliphatic heterocycles. The van der Waals surface area contributed by atoms with Crippen LogP contribution in [0.3, 0.4) is 0 Å². The number of para-hydroxylation sites is 1. The molecule has 0 spiro atoms. The van der Waals surface area contributed by atoms with Gasteiger partial charge in [0.25, 0.3) is 5.91 Å². The second-order valence-electron chi connectivity index (χ2n) is 5.97. The van der Waals surface area contributed by atoms with Crippen molar-refractivity contribution in [2.75, 3.05) is 18.9 Å². The average molecular weight is 344 g/mol. The van der Waals surface area contributed by atoms with E-state index in [1.165, 1.54) is 16.2 Å². The molecule has 2 aromatic rings. The van der Waals surface area contributed by atoms with Crippen molar-refractivity contribution in [3.63, 3.8) is 0 Å². The smallest absolute Gasteiger partial charge is 0.275 e. The van der Waals surface area contributed by atoms with Gasteiger partial charge >= 0.3 is 0 Å². The first-order valence-electron chi connectivity index (χ1n) is 7.85. The van der Waals surface area contributed by atoms with Gasteiger partial charge in [-0.2, -0.15) is 0 Å². The van der Waals surface area contributed by atoms with Crippen LogP contribution < -0.4 is 10.6 Å². The molecule has 0 radical (unpaired) electrons. The molecule has 1 aromatic heterocycles. The molecular weight excluding hydrogens is 324 g/mol. The highest BCUT2D eigenvalue weighted by atomic mass is 32.1. The Morgan fingerprint density at radius 2 is 2.08 bits per heavy atom. The number of hydrogen-bond donors (Lipinski definition) is 2. The zero-order valence-electron chi connectivity index (χ0n) is 13.7. The number of likely N-dealkylation sites (N-methyl/N-ethyl adjacent to an activating group) is 1. The van der Waals surface area contributed by atoms with Gasteiger partial charge in [0.1, 0.15) is 5.00 Å². The minimum Gasteiger partial charge on any atom is -0.352 e. The van der Waals surface area contributed by atoms with Crippen molar-refractivity contribution in [1.82, 2.24) is 15.2 Å². The van der Waals surface area contributed by atoms with E-state index in [1.54, 1.807) is 12.6 Å². The van der Waals surface area contributed by atoms with Crippen LogP contribution in [-0.2, 0) is 4.79 Å². The van der Waals surface area contributed by atoms with Crippen molar-refractivity contribution in [2.45, 2.75) is 25.8 Å². The van der Waals surface area contributed by atoms with E-state index in [4.69, 9.17) is 0 Å². The van der Waals surface area contributed by atoms with Crippen LogP contribution in [0.1, 0.15) is 28.9 Å². The molecule has 126 valence electrons. The zero-order chi connectivity index (χ0) is 17.1. The standard InChI is InChI=1S/C17H20N4O2S/c1-11-5-3-4-6-13(11)20-16-15(18-10-24-16)17(23)21(2)9-14(22)19-12-7-8-12/h3-6,10,12,20H,7-9H2,1-2H3,(H,19,22). The molecule has 0 bridgehead atoms. The van der Waals surface area contributed by atoms with Crippen molar-refractivity contribution >= 4 is 33.8 Å². The SMILES string of the molecule is Cc1ccccc1Nc1scnc1C(=O)N(C)CC(=O)NC1CC1. The molecule has 24 heavy (non-hydrogen) atoms. The van der Waals surface area contributed by atoms with Gasteiger partial charge in [-0.15, -0.1) is 11.3 Å². The summed E-state index contributed by atoms with van der Waals surface area (Å²) in [5.41, 5.74) is 3.99. The summed E-state index contributed by atoms with van der Waals surface area (Å²) in [6.45, 7) is 2.04. The maximum atomic E-state index is 12.6. The zero-order valence-corrected chi connectivity index (χ0v) is 14.5. The summed E-state index contributed by atoms with van der Waals surface area (Å²) in [6, 6.07) is 8.14. The molecule has 1 aliphatic carbocycles. The van der Waals surface area contributed by atoms with Gasteiger partial charge in [0.05, 0.1) is 12.1 Å². The summed E-state index contributed by atoms with van der Waals surface area (Å²) < 4.78 is 0. The summed E-state index contributed by atoms with van der Waals surface area (Å²) >= 11 is 1.37. The molecule has 2 N–H and O–H groups in total. The Kier molecular flexibility index (Phi) is 4.80. The predicted molar refractivity (Wildman–Crippen MR) is 94.7 cm³/mol. The van der Waals surface area contributed by atoms with Gasteiger partial charge in [0.15, 0.2) is 5.69 Å². The first-order chi connectivity index (χ1) is 11.5. The molecule has 1 fully saturated rings. The Morgan fingerprint density at radius 3 is 2.79 bits per heavy atom. The average Bonchev–Trinajstić information content (AvgIpc) is 3.24. The fraction of sp³-hybridized carbons (Fsp3) is 0.353. The summed E-state index contributed by atoms with van der Waals surface area (Å²) in [5, 5.41) is 6.82. The van der Waals surface area contributed by atoms with Gasteiger partial charge in [-0.1, -0.05) is 18.2 Å². The van der Waals surface area contributed by atoms with Crippen LogP contribution in [0.15, 0.2) is 29.8 Å². The van der Waals surface area contributed by atoms with Gasteiger partial charge in [-0.25, -0.2) is 4.98 Å². The molecule has 1 heterocycles. The number of carbonyl (C=O) groups excluding carboxylic acids is 2. The summed E-state index contributed by atoms with van der Waals surface area (Å²) in [7, 11) is 1.62.